The van der Waals surface area contributed by atoms with Crippen LogP contribution in [0.5, 0.6) is 0 Å². The van der Waals surface area contributed by atoms with Crippen LogP contribution in [0.4, 0.5) is 17.6 Å². The van der Waals surface area contributed by atoms with Crippen molar-refractivity contribution in [2.75, 3.05) is 26.2 Å². The van der Waals surface area contributed by atoms with Gasteiger partial charge in [-0.15, -0.1) is 0 Å². The van der Waals surface area contributed by atoms with E-state index in [-0.39, 0.29) is 35.4 Å². The third kappa shape index (κ3) is 8.82. The van der Waals surface area contributed by atoms with E-state index in [9.17, 15) is 27.2 Å². The number of H-pyrrole nitrogens is 1. The first kappa shape index (κ1) is 32.9. The van der Waals surface area contributed by atoms with Crippen molar-refractivity contribution in [3.63, 3.8) is 0 Å². The summed E-state index contributed by atoms with van der Waals surface area (Å²) in [7, 11) is 0. The average Bonchev–Trinajstić information content (AvgIpc) is 3.34. The van der Waals surface area contributed by atoms with Gasteiger partial charge in [0.1, 0.15) is 5.82 Å². The lowest BCUT2D eigenvalue weighted by atomic mass is 9.85. The second kappa shape index (κ2) is 14.3. The minimum atomic E-state index is -4.20. The summed E-state index contributed by atoms with van der Waals surface area (Å²) in [6, 6.07) is 11.5. The lowest BCUT2D eigenvalue weighted by molar-refractivity contribution is -0.127. The minimum Gasteiger partial charge on any atom is -0.354 e. The third-order valence-electron chi connectivity index (χ3n) is 8.83. The lowest BCUT2D eigenvalue weighted by Crippen LogP contribution is -2.39. The number of aromatic amines is 1. The zero-order valence-electron chi connectivity index (χ0n) is 25.8. The van der Waals surface area contributed by atoms with E-state index in [1.165, 1.54) is 24.3 Å². The molecule has 1 saturated heterocycles. The number of benzene rings is 2. The van der Waals surface area contributed by atoms with E-state index in [1.54, 1.807) is 0 Å². The molecule has 2 aromatic carbocycles. The number of nitrogens with zero attached hydrogens (tertiary/aromatic N) is 3. The number of likely N-dealkylation sites (tertiary alicyclic amines) is 1. The summed E-state index contributed by atoms with van der Waals surface area (Å²) in [5.74, 6) is -0.671. The molecule has 2 fully saturated rings. The number of hydrogen-bond acceptors (Lipinski definition) is 4. The number of hydrogen-bond donors (Lipinski definition) is 3. The van der Waals surface area contributed by atoms with Crippen LogP contribution in [0, 0.1) is 17.7 Å². The summed E-state index contributed by atoms with van der Waals surface area (Å²) in [4.78, 5) is 35.9. The van der Waals surface area contributed by atoms with Crippen LogP contribution in [0.1, 0.15) is 74.3 Å². The molecule has 1 aliphatic heterocycles. The second-order valence-corrected chi connectivity index (χ2v) is 12.7. The first-order chi connectivity index (χ1) is 21.4. The minimum absolute atomic E-state index is 0.0248. The van der Waals surface area contributed by atoms with E-state index in [0.29, 0.717) is 18.7 Å². The smallest absolute Gasteiger partial charge is 0.354 e. The molecule has 1 aliphatic carbocycles. The molecule has 45 heavy (non-hydrogen) atoms. The maximum absolute atomic E-state index is 13.5. The fourth-order valence-corrected chi connectivity index (χ4v) is 6.50. The second-order valence-electron chi connectivity index (χ2n) is 12.7. The molecule has 1 saturated carbocycles. The standard InChI is InChI=1S/C33H42F4N6O2/c1-21(2)39-30(44)25-6-10-27(11-7-25)43-29-17-23(19-42-15-13-22(14-16-42)18-38-20-33(35,36)37)3-12-28(29)40-32(43)41-31(45)24-4-8-26(34)9-5-24/h3-5,8-9,12,17,21-22,25,27,38H,6-7,10-11,13-16,18-20H2,1-2H3,(H,39,44)(H,40,41,45)/t25-,27+. The number of amides is 2. The number of rotatable bonds is 9. The van der Waals surface area contributed by atoms with Gasteiger partial charge in [-0.25, -0.2) is 4.39 Å². The van der Waals surface area contributed by atoms with Crippen LogP contribution in [0.25, 0.3) is 11.0 Å². The zero-order valence-corrected chi connectivity index (χ0v) is 25.8. The summed E-state index contributed by atoms with van der Waals surface area (Å²) in [5, 5.41) is 5.56. The Morgan fingerprint density at radius 3 is 2.33 bits per heavy atom. The number of piperidine rings is 1. The van der Waals surface area contributed by atoms with Crippen molar-refractivity contribution in [1.29, 1.82) is 0 Å². The van der Waals surface area contributed by atoms with Gasteiger partial charge in [-0.2, -0.15) is 18.2 Å². The SMILES string of the molecule is CC(C)NC(=O)[C@H]1CC[C@@H](n2c(=NC(=O)c3ccc(F)cc3)[nH]c3ccc(CN4CCC(CNCC(F)(F)F)CC4)cc32)CC1. The van der Waals surface area contributed by atoms with Crippen molar-refractivity contribution in [2.24, 2.45) is 16.8 Å². The molecule has 3 N–H and O–H groups in total. The molecule has 0 bridgehead atoms. The highest BCUT2D eigenvalue weighted by Gasteiger charge is 2.30. The Morgan fingerprint density at radius 2 is 1.69 bits per heavy atom. The summed E-state index contributed by atoms with van der Waals surface area (Å²) in [6.45, 7) is 5.62. The van der Waals surface area contributed by atoms with E-state index in [2.05, 4.69) is 36.1 Å². The Balaban J connectivity index is 1.35. The number of imidazole rings is 1. The summed E-state index contributed by atoms with van der Waals surface area (Å²) in [5.41, 5.74) is 3.54. The van der Waals surface area contributed by atoms with Gasteiger partial charge in [-0.05, 0) is 120 Å². The number of carbonyl (C=O) groups is 2. The van der Waals surface area contributed by atoms with E-state index < -0.39 is 24.4 Å². The Bertz CT molecular complexity index is 1530. The fourth-order valence-electron chi connectivity index (χ4n) is 6.50. The largest absolute Gasteiger partial charge is 0.401 e. The molecule has 8 nitrogen and oxygen atoms in total. The molecule has 0 atom stereocenters. The van der Waals surface area contributed by atoms with Crippen molar-refractivity contribution in [2.45, 2.75) is 77.2 Å². The van der Waals surface area contributed by atoms with Crippen LogP contribution in [0.2, 0.25) is 0 Å². The van der Waals surface area contributed by atoms with Crippen molar-refractivity contribution >= 4 is 22.8 Å². The highest BCUT2D eigenvalue weighted by atomic mass is 19.4. The maximum atomic E-state index is 13.5. The summed E-state index contributed by atoms with van der Waals surface area (Å²) < 4.78 is 53.0. The molecule has 2 heterocycles. The third-order valence-corrected chi connectivity index (χ3v) is 8.83. The number of nitrogens with one attached hydrogen (secondary N) is 3. The van der Waals surface area contributed by atoms with Crippen LogP contribution >= 0.6 is 0 Å². The summed E-state index contributed by atoms with van der Waals surface area (Å²) >= 11 is 0. The van der Waals surface area contributed by atoms with Crippen LogP contribution < -0.4 is 16.3 Å². The summed E-state index contributed by atoms with van der Waals surface area (Å²) in [6.07, 6.45) is 0.417. The number of alkyl halides is 3. The monoisotopic (exact) mass is 630 g/mol. The van der Waals surface area contributed by atoms with Crippen LogP contribution in [0.3, 0.4) is 0 Å². The van der Waals surface area contributed by atoms with Gasteiger partial charge in [0.05, 0.1) is 17.6 Å². The van der Waals surface area contributed by atoms with E-state index in [1.807, 2.05) is 26.0 Å². The molecule has 2 amide bonds. The van der Waals surface area contributed by atoms with Crippen molar-refractivity contribution in [3.05, 3.63) is 65.0 Å². The Morgan fingerprint density at radius 1 is 1.00 bits per heavy atom. The number of fused-ring (bicyclic) bond motifs is 1. The van der Waals surface area contributed by atoms with E-state index in [0.717, 1.165) is 68.2 Å². The normalized spacial score (nSPS) is 20.6. The predicted octanol–water partition coefficient (Wildman–Crippen LogP) is 5.47. The predicted molar refractivity (Wildman–Crippen MR) is 164 cm³/mol. The molecule has 3 aromatic rings. The van der Waals surface area contributed by atoms with Gasteiger partial charge in [0.15, 0.2) is 0 Å². The van der Waals surface area contributed by atoms with Crippen LogP contribution in [-0.2, 0) is 11.3 Å². The highest BCUT2D eigenvalue weighted by Crippen LogP contribution is 2.34. The lowest BCUT2D eigenvalue weighted by Gasteiger charge is -2.32. The topological polar surface area (TPSA) is 94.5 Å². The number of aromatic nitrogens is 2. The molecule has 0 spiro atoms. The number of halogens is 4. The Labute approximate surface area is 260 Å². The van der Waals surface area contributed by atoms with Crippen molar-refractivity contribution in [1.82, 2.24) is 25.1 Å². The van der Waals surface area contributed by atoms with E-state index >= 15 is 0 Å². The molecule has 1 aromatic heterocycles. The molecule has 2 aliphatic rings. The first-order valence-corrected chi connectivity index (χ1v) is 15.8. The molecule has 0 unspecified atom stereocenters. The van der Waals surface area contributed by atoms with Gasteiger partial charge in [0.25, 0.3) is 5.91 Å². The zero-order chi connectivity index (χ0) is 32.1. The van der Waals surface area contributed by atoms with E-state index in [4.69, 9.17) is 0 Å². The van der Waals surface area contributed by atoms with Crippen molar-refractivity contribution < 1.29 is 27.2 Å². The maximum Gasteiger partial charge on any atom is 0.401 e. The Hall–Kier alpha value is -3.51. The molecule has 5 rings (SSSR count). The Kier molecular flexibility index (Phi) is 10.4. The highest BCUT2D eigenvalue weighted by molar-refractivity contribution is 5.95. The quantitative estimate of drug-likeness (QED) is 0.274. The van der Waals surface area contributed by atoms with Gasteiger partial charge >= 0.3 is 6.18 Å². The van der Waals surface area contributed by atoms with Gasteiger partial charge in [-0.3, -0.25) is 14.5 Å². The van der Waals surface area contributed by atoms with Gasteiger partial charge in [-0.1, -0.05) is 6.07 Å². The molecule has 0 radical (unpaired) electrons. The van der Waals surface area contributed by atoms with Gasteiger partial charge in [0.2, 0.25) is 11.5 Å². The van der Waals surface area contributed by atoms with Crippen LogP contribution in [-0.4, -0.2) is 64.7 Å². The molecule has 12 heteroatoms. The molecule has 244 valence electrons. The van der Waals surface area contributed by atoms with Gasteiger partial charge in [0, 0.05) is 30.1 Å². The van der Waals surface area contributed by atoms with Gasteiger partial charge < -0.3 is 20.2 Å². The fraction of sp³-hybridized carbons (Fsp3) is 0.545. The molecular weight excluding hydrogens is 588 g/mol. The first-order valence-electron chi connectivity index (χ1n) is 15.8. The number of carbonyl (C=O) groups excluding carboxylic acids is 2. The molecular formula is C33H42F4N6O2. The van der Waals surface area contributed by atoms with Crippen molar-refractivity contribution in [3.8, 4) is 0 Å². The van der Waals surface area contributed by atoms with Crippen LogP contribution in [0.15, 0.2) is 47.5 Å². The average molecular weight is 631 g/mol.